The van der Waals surface area contributed by atoms with Crippen LogP contribution in [-0.2, 0) is 14.3 Å². The minimum atomic E-state index is -0.574. The monoisotopic (exact) mass is 428 g/mol. The third-order valence-corrected chi connectivity index (χ3v) is 6.72. The molecule has 0 amide bonds. The van der Waals surface area contributed by atoms with E-state index in [1.54, 1.807) is 6.07 Å². The van der Waals surface area contributed by atoms with E-state index in [-0.39, 0.29) is 23.0 Å². The highest BCUT2D eigenvalue weighted by molar-refractivity contribution is 5.90. The maximum Gasteiger partial charge on any atom is 0.347 e. The Morgan fingerprint density at radius 2 is 1.71 bits per heavy atom. The molecule has 0 saturated heterocycles. The van der Waals surface area contributed by atoms with Crippen LogP contribution in [0.2, 0.25) is 0 Å². The first-order chi connectivity index (χ1) is 14.4. The molecular weight excluding hydrogens is 388 g/mol. The molecule has 0 aliphatic heterocycles. The molecule has 0 N–H and O–H groups in total. The van der Waals surface area contributed by atoms with Gasteiger partial charge >= 0.3 is 11.9 Å². The van der Waals surface area contributed by atoms with Crippen LogP contribution in [0.4, 0.5) is 0 Å². The van der Waals surface area contributed by atoms with Crippen molar-refractivity contribution in [2.45, 2.75) is 105 Å². The van der Waals surface area contributed by atoms with Gasteiger partial charge in [0.15, 0.2) is 6.61 Å². The average Bonchev–Trinajstić information content (AvgIpc) is 2.70. The highest BCUT2D eigenvalue weighted by atomic mass is 16.6. The Balaban J connectivity index is 1.98. The summed E-state index contributed by atoms with van der Waals surface area (Å²) in [5.74, 6) is -0.766. The molecule has 0 heterocycles. The van der Waals surface area contributed by atoms with Gasteiger partial charge in [0.1, 0.15) is 11.2 Å². The number of hydrogen-bond donors (Lipinski definition) is 0. The van der Waals surface area contributed by atoms with E-state index in [1.165, 1.54) is 6.42 Å². The maximum atomic E-state index is 12.4. The molecule has 31 heavy (non-hydrogen) atoms. The first kappa shape index (κ1) is 25.2. The molecule has 0 spiro atoms. The smallest absolute Gasteiger partial charge is 0.347 e. The second kappa shape index (κ2) is 10.1. The summed E-state index contributed by atoms with van der Waals surface area (Å²) in [6.07, 6.45) is 7.16. The van der Waals surface area contributed by atoms with E-state index in [0.29, 0.717) is 5.92 Å². The van der Waals surface area contributed by atoms with Gasteiger partial charge in [0.25, 0.3) is 0 Å². The van der Waals surface area contributed by atoms with Gasteiger partial charge in [-0.2, -0.15) is 0 Å². The molecule has 1 aromatic rings. The molecule has 1 atom stereocenters. The van der Waals surface area contributed by atoms with Crippen LogP contribution in [0.25, 0.3) is 0 Å². The third kappa shape index (κ3) is 7.56. The van der Waals surface area contributed by atoms with Gasteiger partial charge in [-0.05, 0) is 67.9 Å². The molecule has 1 aliphatic rings. The van der Waals surface area contributed by atoms with E-state index in [1.807, 2.05) is 13.0 Å². The summed E-state index contributed by atoms with van der Waals surface area (Å²) in [6, 6.07) is 9.81. The van der Waals surface area contributed by atoms with Crippen LogP contribution in [-0.4, -0.2) is 24.1 Å². The van der Waals surface area contributed by atoms with Gasteiger partial charge < -0.3 is 9.47 Å². The molecule has 0 aromatic heterocycles. The summed E-state index contributed by atoms with van der Waals surface area (Å²) in [5, 5.41) is 0. The van der Waals surface area contributed by atoms with Crippen LogP contribution in [0.5, 0.6) is 0 Å². The Labute approximate surface area is 189 Å². The molecule has 0 bridgehead atoms. The fourth-order valence-corrected chi connectivity index (χ4v) is 4.21. The number of esters is 2. The highest BCUT2D eigenvalue weighted by Gasteiger charge is 2.32. The quantitative estimate of drug-likeness (QED) is 0.434. The first-order valence-electron chi connectivity index (χ1n) is 11.7. The van der Waals surface area contributed by atoms with E-state index in [2.05, 4.69) is 53.7 Å². The molecule has 1 fully saturated rings. The van der Waals surface area contributed by atoms with Gasteiger partial charge in [-0.15, -0.1) is 0 Å². The van der Waals surface area contributed by atoms with Crippen LogP contribution in [0.1, 0.15) is 115 Å². The topological polar surface area (TPSA) is 52.6 Å². The second-order valence-electron chi connectivity index (χ2n) is 11.2. The summed E-state index contributed by atoms with van der Waals surface area (Å²) < 4.78 is 10.8. The van der Waals surface area contributed by atoms with Crippen molar-refractivity contribution < 1.29 is 19.1 Å². The fraction of sp³-hybridized carbons (Fsp3) is 0.704. The molecular formula is C27H40O4. The van der Waals surface area contributed by atoms with E-state index in [0.717, 1.165) is 44.1 Å². The largest absolute Gasteiger partial charge is 0.457 e. The number of hydrogen-bond acceptors (Lipinski definition) is 4. The van der Waals surface area contributed by atoms with E-state index < -0.39 is 17.5 Å². The van der Waals surface area contributed by atoms with Gasteiger partial charge in [0, 0.05) is 5.56 Å². The highest BCUT2D eigenvalue weighted by Crippen LogP contribution is 2.43. The Hall–Kier alpha value is -2.02. The minimum absolute atomic E-state index is 0.0673. The minimum Gasteiger partial charge on any atom is -0.457 e. The summed E-state index contributed by atoms with van der Waals surface area (Å²) in [6.45, 7) is 15.1. The van der Waals surface area contributed by atoms with Gasteiger partial charge in [0.2, 0.25) is 0 Å². The van der Waals surface area contributed by atoms with Crippen molar-refractivity contribution in [1.29, 1.82) is 0 Å². The van der Waals surface area contributed by atoms with E-state index in [9.17, 15) is 9.59 Å². The third-order valence-electron chi connectivity index (χ3n) is 6.72. The standard InChI is InChI=1S/C27H40O4/c1-8-26(5,6)18-22(25(2,3)4)20-12-14-21(15-13-20)24(29)30-19-23(28)31-27(7)16-10-9-11-17-27/h12,14,22H,8-11,16-19H2,1-7H3. The summed E-state index contributed by atoms with van der Waals surface area (Å²) >= 11 is 0. The molecule has 4 heteroatoms. The zero-order valence-corrected chi connectivity index (χ0v) is 20.5. The molecule has 1 aliphatic carbocycles. The predicted molar refractivity (Wildman–Crippen MR) is 123 cm³/mol. The van der Waals surface area contributed by atoms with E-state index >= 15 is 0 Å². The van der Waals surface area contributed by atoms with Crippen molar-refractivity contribution in [3.63, 3.8) is 0 Å². The molecule has 1 saturated carbocycles. The van der Waals surface area contributed by atoms with Gasteiger partial charge in [-0.3, -0.25) is 0 Å². The van der Waals surface area contributed by atoms with Crippen LogP contribution in [0, 0.1) is 23.0 Å². The number of carbonyl (C=O) groups excluding carboxylic acids is 2. The van der Waals surface area contributed by atoms with Gasteiger partial charge in [-0.1, -0.05) is 66.5 Å². The zero-order valence-electron chi connectivity index (χ0n) is 20.5. The Morgan fingerprint density at radius 3 is 2.23 bits per heavy atom. The molecule has 172 valence electrons. The van der Waals surface area contributed by atoms with Gasteiger partial charge in [0.05, 0.1) is 0 Å². The molecule has 0 radical (unpaired) electrons. The van der Waals surface area contributed by atoms with Crippen molar-refractivity contribution in [2.75, 3.05) is 6.61 Å². The number of rotatable bonds is 8. The van der Waals surface area contributed by atoms with Crippen molar-refractivity contribution in [1.82, 2.24) is 0 Å². The fourth-order valence-electron chi connectivity index (χ4n) is 4.21. The predicted octanol–water partition coefficient (Wildman–Crippen LogP) is 6.67. The Kier molecular flexibility index (Phi) is 8.20. The lowest BCUT2D eigenvalue weighted by molar-refractivity contribution is -0.164. The van der Waals surface area contributed by atoms with Crippen molar-refractivity contribution >= 4 is 11.9 Å². The Morgan fingerprint density at radius 1 is 1.06 bits per heavy atom. The van der Waals surface area contributed by atoms with Crippen LogP contribution < -0.4 is 0 Å². The second-order valence-corrected chi connectivity index (χ2v) is 11.2. The molecule has 4 nitrogen and oxygen atoms in total. The first-order valence-corrected chi connectivity index (χ1v) is 11.7. The van der Waals surface area contributed by atoms with Crippen molar-refractivity contribution in [3.05, 3.63) is 35.4 Å². The van der Waals surface area contributed by atoms with Crippen molar-refractivity contribution in [3.8, 4) is 0 Å². The molecule has 2 rings (SSSR count). The summed E-state index contributed by atoms with van der Waals surface area (Å²) in [4.78, 5) is 24.5. The van der Waals surface area contributed by atoms with E-state index in [4.69, 9.17) is 9.47 Å². The maximum absolute atomic E-state index is 12.4. The lowest BCUT2D eigenvalue weighted by Gasteiger charge is -2.36. The lowest BCUT2D eigenvalue weighted by Crippen LogP contribution is -2.35. The van der Waals surface area contributed by atoms with Crippen LogP contribution in [0.15, 0.2) is 12.1 Å². The van der Waals surface area contributed by atoms with Crippen molar-refractivity contribution in [2.24, 2.45) is 10.8 Å². The molecule has 1 unspecified atom stereocenters. The molecule has 1 aromatic carbocycles. The van der Waals surface area contributed by atoms with Gasteiger partial charge in [-0.25, -0.2) is 9.59 Å². The Bertz CT molecular complexity index is 733. The number of ether oxygens (including phenoxy) is 2. The van der Waals surface area contributed by atoms with Crippen LogP contribution >= 0.6 is 0 Å². The summed E-state index contributed by atoms with van der Waals surface area (Å²) in [5.41, 5.74) is 1.19. The normalized spacial score (nSPS) is 17.4. The average molecular weight is 429 g/mol. The summed E-state index contributed by atoms with van der Waals surface area (Å²) in [7, 11) is 0. The zero-order chi connectivity index (χ0) is 23.3. The lowest BCUT2D eigenvalue weighted by atomic mass is 9.68. The number of carbonyl (C=O) groups is 2. The SMILES string of the molecule is CCC(C)(C)CC(c1c#cc(C(=O)OCC(=O)OC2(C)CCCCC2)cc1)C(C)(C)C. The van der Waals surface area contributed by atoms with Crippen LogP contribution in [0.3, 0.4) is 0 Å².